The summed E-state index contributed by atoms with van der Waals surface area (Å²) >= 11 is 0. The summed E-state index contributed by atoms with van der Waals surface area (Å²) in [7, 11) is 0. The summed E-state index contributed by atoms with van der Waals surface area (Å²) in [6.45, 7) is 2.37. The first-order valence-electron chi connectivity index (χ1n) is 8.23. The van der Waals surface area contributed by atoms with E-state index < -0.39 is 11.6 Å². The van der Waals surface area contributed by atoms with Crippen LogP contribution < -0.4 is 15.5 Å². The smallest absolute Gasteiger partial charge is 0.315 e. The maximum Gasteiger partial charge on any atom is 0.315 e. The summed E-state index contributed by atoms with van der Waals surface area (Å²) in [5.74, 6) is -1.41. The van der Waals surface area contributed by atoms with Crippen LogP contribution in [0.5, 0.6) is 0 Å². The zero-order chi connectivity index (χ0) is 17.6. The normalized spacial score (nSPS) is 16.7. The van der Waals surface area contributed by atoms with E-state index in [-0.39, 0.29) is 11.9 Å². The Morgan fingerprint density at radius 1 is 1.20 bits per heavy atom. The minimum Gasteiger partial charge on any atom is -0.371 e. The van der Waals surface area contributed by atoms with Crippen LogP contribution in [0.3, 0.4) is 0 Å². The van der Waals surface area contributed by atoms with Gasteiger partial charge in [-0.25, -0.2) is 13.6 Å². The molecular weight excluding hydrogens is 326 g/mol. The molecular formula is C18H20F2N4O. The van der Waals surface area contributed by atoms with Crippen molar-refractivity contribution in [1.82, 2.24) is 15.6 Å². The summed E-state index contributed by atoms with van der Waals surface area (Å²) in [5.41, 5.74) is 1.46. The first kappa shape index (κ1) is 17.1. The maximum atomic E-state index is 13.3. The van der Waals surface area contributed by atoms with E-state index in [1.807, 2.05) is 23.1 Å². The number of pyridine rings is 1. The molecule has 1 aromatic heterocycles. The molecule has 2 N–H and O–H groups in total. The fourth-order valence-electron chi connectivity index (χ4n) is 2.89. The third-order valence-electron chi connectivity index (χ3n) is 4.26. The van der Waals surface area contributed by atoms with Crippen molar-refractivity contribution < 1.29 is 13.6 Å². The van der Waals surface area contributed by atoms with E-state index in [0.29, 0.717) is 25.3 Å². The Kier molecular flexibility index (Phi) is 5.42. The van der Waals surface area contributed by atoms with Gasteiger partial charge in [-0.1, -0.05) is 6.07 Å². The van der Waals surface area contributed by atoms with Crippen LogP contribution in [0.1, 0.15) is 12.1 Å². The lowest BCUT2D eigenvalue weighted by Crippen LogP contribution is -2.38. The fourth-order valence-corrected chi connectivity index (χ4v) is 2.89. The predicted octanol–water partition coefficient (Wildman–Crippen LogP) is 2.69. The standard InChI is InChI=1S/C18H20F2N4O/c19-16-5-4-15(9-17(16)20)24-8-6-13(12-24)10-22-18(25)23-11-14-3-1-2-7-21-14/h1-5,7,9,13H,6,8,10-12H2,(H2,22,23,25). The van der Waals surface area contributed by atoms with Gasteiger partial charge in [0.25, 0.3) is 0 Å². The maximum absolute atomic E-state index is 13.3. The van der Waals surface area contributed by atoms with Gasteiger partial charge in [-0.2, -0.15) is 0 Å². The van der Waals surface area contributed by atoms with Gasteiger partial charge in [0, 0.05) is 37.6 Å². The summed E-state index contributed by atoms with van der Waals surface area (Å²) in [5, 5.41) is 5.61. The van der Waals surface area contributed by atoms with E-state index in [1.54, 1.807) is 12.3 Å². The van der Waals surface area contributed by atoms with E-state index in [1.165, 1.54) is 6.07 Å². The van der Waals surface area contributed by atoms with Crippen LogP contribution >= 0.6 is 0 Å². The van der Waals surface area contributed by atoms with Crippen LogP contribution in [0.2, 0.25) is 0 Å². The lowest BCUT2D eigenvalue weighted by molar-refractivity contribution is 0.239. The molecule has 0 bridgehead atoms. The number of nitrogens with zero attached hydrogens (tertiary/aromatic N) is 2. The van der Waals surface area contributed by atoms with Crippen molar-refractivity contribution in [1.29, 1.82) is 0 Å². The largest absolute Gasteiger partial charge is 0.371 e. The molecule has 1 aromatic carbocycles. The molecule has 0 aliphatic carbocycles. The number of anilines is 1. The number of amides is 2. The molecule has 7 heteroatoms. The van der Waals surface area contributed by atoms with E-state index in [9.17, 15) is 13.6 Å². The number of aromatic nitrogens is 1. The average molecular weight is 346 g/mol. The van der Waals surface area contributed by atoms with Crippen LogP contribution in [0.15, 0.2) is 42.6 Å². The number of carbonyl (C=O) groups is 1. The van der Waals surface area contributed by atoms with Crippen molar-refractivity contribution in [3.8, 4) is 0 Å². The van der Waals surface area contributed by atoms with Crippen LogP contribution in [0.25, 0.3) is 0 Å². The molecule has 1 aliphatic heterocycles. The molecule has 0 spiro atoms. The molecule has 0 saturated carbocycles. The van der Waals surface area contributed by atoms with Crippen LogP contribution in [0.4, 0.5) is 19.3 Å². The van der Waals surface area contributed by atoms with Crippen molar-refractivity contribution in [3.63, 3.8) is 0 Å². The zero-order valence-corrected chi connectivity index (χ0v) is 13.7. The van der Waals surface area contributed by atoms with Gasteiger partial charge >= 0.3 is 6.03 Å². The summed E-state index contributed by atoms with van der Waals surface area (Å²) in [6, 6.07) is 9.23. The Labute approximate surface area is 145 Å². The van der Waals surface area contributed by atoms with Crippen molar-refractivity contribution in [2.24, 2.45) is 5.92 Å². The Morgan fingerprint density at radius 2 is 2.08 bits per heavy atom. The molecule has 2 amide bonds. The van der Waals surface area contributed by atoms with Crippen molar-refractivity contribution in [3.05, 3.63) is 59.9 Å². The zero-order valence-electron chi connectivity index (χ0n) is 13.7. The highest BCUT2D eigenvalue weighted by Crippen LogP contribution is 2.24. The Bertz CT molecular complexity index is 726. The first-order valence-corrected chi connectivity index (χ1v) is 8.23. The van der Waals surface area contributed by atoms with E-state index in [4.69, 9.17) is 0 Å². The molecule has 2 heterocycles. The van der Waals surface area contributed by atoms with E-state index in [2.05, 4.69) is 15.6 Å². The molecule has 1 aliphatic rings. The average Bonchev–Trinajstić information content (AvgIpc) is 3.10. The van der Waals surface area contributed by atoms with E-state index in [0.717, 1.165) is 24.7 Å². The number of carbonyl (C=O) groups excluding carboxylic acids is 1. The number of hydrogen-bond acceptors (Lipinski definition) is 3. The van der Waals surface area contributed by atoms with Gasteiger partial charge < -0.3 is 15.5 Å². The van der Waals surface area contributed by atoms with Crippen LogP contribution in [0, 0.1) is 17.6 Å². The van der Waals surface area contributed by atoms with Gasteiger partial charge in [0.15, 0.2) is 11.6 Å². The van der Waals surface area contributed by atoms with Gasteiger partial charge in [0.1, 0.15) is 0 Å². The number of hydrogen-bond donors (Lipinski definition) is 2. The van der Waals surface area contributed by atoms with Gasteiger partial charge in [0.05, 0.1) is 12.2 Å². The number of benzene rings is 1. The van der Waals surface area contributed by atoms with Gasteiger partial charge in [-0.15, -0.1) is 0 Å². The highest BCUT2D eigenvalue weighted by Gasteiger charge is 2.23. The molecule has 3 rings (SSSR count). The molecule has 0 radical (unpaired) electrons. The number of urea groups is 1. The van der Waals surface area contributed by atoms with Gasteiger partial charge in [0.2, 0.25) is 0 Å². The monoisotopic (exact) mass is 346 g/mol. The Balaban J connectivity index is 1.42. The van der Waals surface area contributed by atoms with Crippen molar-refractivity contribution in [2.45, 2.75) is 13.0 Å². The lowest BCUT2D eigenvalue weighted by Gasteiger charge is -2.19. The van der Waals surface area contributed by atoms with Crippen molar-refractivity contribution >= 4 is 11.7 Å². The van der Waals surface area contributed by atoms with Gasteiger partial charge in [-0.05, 0) is 36.6 Å². The fraction of sp³-hybridized carbons (Fsp3) is 0.333. The summed E-state index contributed by atoms with van der Waals surface area (Å²) in [6.07, 6.45) is 2.57. The minimum atomic E-state index is -0.842. The lowest BCUT2D eigenvalue weighted by atomic mass is 10.1. The SMILES string of the molecule is O=C(NCc1ccccn1)NCC1CCN(c2ccc(F)c(F)c2)C1. The summed E-state index contributed by atoms with van der Waals surface area (Å²) in [4.78, 5) is 18.0. The molecule has 1 unspecified atom stereocenters. The van der Waals surface area contributed by atoms with Crippen LogP contribution in [-0.4, -0.2) is 30.6 Å². The van der Waals surface area contributed by atoms with Crippen molar-refractivity contribution in [2.75, 3.05) is 24.5 Å². The number of rotatable bonds is 5. The second-order valence-corrected chi connectivity index (χ2v) is 6.08. The third-order valence-corrected chi connectivity index (χ3v) is 4.26. The molecule has 132 valence electrons. The molecule has 5 nitrogen and oxygen atoms in total. The second kappa shape index (κ2) is 7.92. The molecule has 1 atom stereocenters. The Morgan fingerprint density at radius 3 is 2.84 bits per heavy atom. The number of halogens is 2. The highest BCUT2D eigenvalue weighted by molar-refractivity contribution is 5.73. The molecule has 2 aromatic rings. The molecule has 25 heavy (non-hydrogen) atoms. The topological polar surface area (TPSA) is 57.3 Å². The second-order valence-electron chi connectivity index (χ2n) is 6.08. The minimum absolute atomic E-state index is 0.239. The predicted molar refractivity (Wildman–Crippen MR) is 91.2 cm³/mol. The highest BCUT2D eigenvalue weighted by atomic mass is 19.2. The Hall–Kier alpha value is -2.70. The quantitative estimate of drug-likeness (QED) is 0.875. The number of nitrogens with one attached hydrogen (secondary N) is 2. The third kappa shape index (κ3) is 4.65. The van der Waals surface area contributed by atoms with E-state index >= 15 is 0 Å². The first-order chi connectivity index (χ1) is 12.1. The van der Waals surface area contributed by atoms with Gasteiger partial charge in [-0.3, -0.25) is 4.98 Å². The summed E-state index contributed by atoms with van der Waals surface area (Å²) < 4.78 is 26.4. The van der Waals surface area contributed by atoms with Crippen LogP contribution in [-0.2, 0) is 6.54 Å². The molecule has 1 fully saturated rings. The molecule has 1 saturated heterocycles.